The van der Waals surface area contributed by atoms with Gasteiger partial charge in [0.25, 0.3) is 0 Å². The van der Waals surface area contributed by atoms with Crippen molar-refractivity contribution in [3.8, 4) is 0 Å². The maximum atomic E-state index is 2.59. The van der Waals surface area contributed by atoms with Crippen LogP contribution in [0.5, 0.6) is 0 Å². The normalized spacial score (nSPS) is 16.2. The van der Waals surface area contributed by atoms with Crippen LogP contribution in [0.15, 0.2) is 121 Å². The van der Waals surface area contributed by atoms with Crippen molar-refractivity contribution in [2.45, 2.75) is 78.6 Å². The summed E-state index contributed by atoms with van der Waals surface area (Å²) in [4.78, 5) is 0. The Morgan fingerprint density at radius 1 is 0.524 bits per heavy atom. The van der Waals surface area contributed by atoms with Crippen molar-refractivity contribution in [2.75, 3.05) is 0 Å². The lowest BCUT2D eigenvalue weighted by Crippen LogP contribution is -2.33. The predicted molar refractivity (Wildman–Crippen MR) is 188 cm³/mol. The molecule has 0 aliphatic heterocycles. The Kier molecular flexibility index (Phi) is 10.5. The van der Waals surface area contributed by atoms with E-state index in [9.17, 15) is 0 Å². The predicted octanol–water partition coefficient (Wildman–Crippen LogP) is 10.8. The minimum Gasteiger partial charge on any atom is -0.0628 e. The molecule has 0 saturated carbocycles. The van der Waals surface area contributed by atoms with Gasteiger partial charge in [0.2, 0.25) is 0 Å². The lowest BCUT2D eigenvalue weighted by atomic mass is 9.87. The first-order valence-corrected chi connectivity index (χ1v) is 18.2. The molecule has 5 rings (SSSR count). The smallest absolute Gasteiger partial charge is 0.0628 e. The topological polar surface area (TPSA) is 0 Å². The van der Waals surface area contributed by atoms with Gasteiger partial charge in [0.1, 0.15) is 23.2 Å². The molecular weight excluding hydrogens is 523 g/mol. The molecule has 0 fully saturated rings. The maximum absolute atomic E-state index is 2.59. The summed E-state index contributed by atoms with van der Waals surface area (Å²) in [5.74, 6) is 2.77. The molecule has 1 heteroatoms. The number of hydrogen-bond donors (Lipinski definition) is 0. The van der Waals surface area contributed by atoms with Crippen LogP contribution in [0.2, 0.25) is 0 Å². The van der Waals surface area contributed by atoms with E-state index in [2.05, 4.69) is 149 Å². The van der Waals surface area contributed by atoms with Gasteiger partial charge in [0, 0.05) is 5.92 Å². The Morgan fingerprint density at radius 3 is 1.50 bits per heavy atom. The first-order valence-electron chi connectivity index (χ1n) is 16.4. The summed E-state index contributed by atoms with van der Waals surface area (Å²) >= 11 is 0. The monoisotopic (exact) mass is 573 g/mol. The molecule has 218 valence electrons. The van der Waals surface area contributed by atoms with E-state index >= 15 is 0 Å². The number of allylic oxidation sites excluding steroid dienone is 1. The van der Waals surface area contributed by atoms with Crippen molar-refractivity contribution in [1.29, 1.82) is 0 Å². The van der Waals surface area contributed by atoms with E-state index in [-0.39, 0.29) is 0 Å². The van der Waals surface area contributed by atoms with Gasteiger partial charge in [-0.05, 0) is 77.8 Å². The standard InChI is InChI=1S/C41H50P/c1-32(2)18-16-19-33(3)20-17-21-34(4)30-40-39-29-15-14-22-35(39)31-41(40)42(36-23-8-5-9-24-36,37-25-10-6-11-26-37)38-27-12-7-13-28-38/h5-15,22-29,31-34,40H,16-21,30H2,1-4H3/q+1. The van der Waals surface area contributed by atoms with Crippen LogP contribution < -0.4 is 15.9 Å². The molecule has 0 amide bonds. The molecule has 1 aliphatic rings. The molecule has 0 N–H and O–H groups in total. The quantitative estimate of drug-likeness (QED) is 0.132. The van der Waals surface area contributed by atoms with Gasteiger partial charge in [-0.25, -0.2) is 0 Å². The average Bonchev–Trinajstić information content (AvgIpc) is 3.37. The lowest BCUT2D eigenvalue weighted by molar-refractivity contribution is 0.387. The third-order valence-corrected chi connectivity index (χ3v) is 13.8. The molecule has 0 radical (unpaired) electrons. The molecule has 3 atom stereocenters. The van der Waals surface area contributed by atoms with Crippen LogP contribution in [0.1, 0.15) is 89.7 Å². The Balaban J connectivity index is 1.49. The number of hydrogen-bond acceptors (Lipinski definition) is 0. The molecule has 3 unspecified atom stereocenters. The number of fused-ring (bicyclic) bond motifs is 1. The average molecular weight is 574 g/mol. The highest BCUT2D eigenvalue weighted by Crippen LogP contribution is 2.69. The summed E-state index contributed by atoms with van der Waals surface area (Å²) in [6, 6.07) is 43.4. The van der Waals surface area contributed by atoms with Gasteiger partial charge < -0.3 is 0 Å². The van der Waals surface area contributed by atoms with E-state index in [1.165, 1.54) is 72.0 Å². The third-order valence-electron chi connectivity index (χ3n) is 9.36. The minimum atomic E-state index is -2.10. The van der Waals surface area contributed by atoms with Crippen molar-refractivity contribution < 1.29 is 0 Å². The second-order valence-corrected chi connectivity index (χ2v) is 16.5. The lowest BCUT2D eigenvalue weighted by Gasteiger charge is -2.32. The van der Waals surface area contributed by atoms with Gasteiger partial charge in [-0.15, -0.1) is 0 Å². The fourth-order valence-corrected chi connectivity index (χ4v) is 11.9. The van der Waals surface area contributed by atoms with Gasteiger partial charge >= 0.3 is 0 Å². The fraction of sp³-hybridized carbons (Fsp3) is 0.366. The first-order chi connectivity index (χ1) is 20.5. The van der Waals surface area contributed by atoms with Gasteiger partial charge in [0.15, 0.2) is 0 Å². The zero-order chi connectivity index (χ0) is 29.4. The van der Waals surface area contributed by atoms with E-state index in [1.54, 1.807) is 5.31 Å². The minimum absolute atomic E-state index is 0.425. The highest BCUT2D eigenvalue weighted by atomic mass is 31.2. The second-order valence-electron chi connectivity index (χ2n) is 13.1. The van der Waals surface area contributed by atoms with Crippen molar-refractivity contribution in [1.82, 2.24) is 0 Å². The Hall–Kier alpha value is -2.95. The molecule has 0 spiro atoms. The molecule has 4 aromatic carbocycles. The van der Waals surface area contributed by atoms with Crippen LogP contribution in [-0.4, -0.2) is 0 Å². The van der Waals surface area contributed by atoms with Crippen LogP contribution >= 0.6 is 7.26 Å². The summed E-state index contributed by atoms with van der Waals surface area (Å²) < 4.78 is 0. The number of rotatable bonds is 14. The highest BCUT2D eigenvalue weighted by Gasteiger charge is 2.53. The summed E-state index contributed by atoms with van der Waals surface area (Å²) in [5.41, 5.74) is 2.93. The van der Waals surface area contributed by atoms with Crippen LogP contribution in [0.25, 0.3) is 6.08 Å². The Morgan fingerprint density at radius 2 is 0.976 bits per heavy atom. The largest absolute Gasteiger partial charge is 0.140 e. The Bertz CT molecular complexity index is 1310. The number of benzene rings is 4. The van der Waals surface area contributed by atoms with Gasteiger partial charge in [0.05, 0.1) is 5.31 Å². The zero-order valence-corrected chi connectivity index (χ0v) is 27.1. The van der Waals surface area contributed by atoms with E-state index < -0.39 is 7.26 Å². The van der Waals surface area contributed by atoms with Crippen LogP contribution in [-0.2, 0) is 0 Å². The molecule has 0 bridgehead atoms. The van der Waals surface area contributed by atoms with Crippen molar-refractivity contribution >= 4 is 29.3 Å². The molecule has 0 saturated heterocycles. The molecule has 4 aromatic rings. The summed E-state index contributed by atoms with van der Waals surface area (Å²) in [5, 5.41) is 5.99. The molecular formula is C41H50P+. The zero-order valence-electron chi connectivity index (χ0n) is 26.3. The Labute approximate surface area is 256 Å². The van der Waals surface area contributed by atoms with Crippen LogP contribution in [0.4, 0.5) is 0 Å². The summed E-state index contributed by atoms with van der Waals surface area (Å²) in [7, 11) is -2.10. The van der Waals surface area contributed by atoms with Crippen molar-refractivity contribution in [3.63, 3.8) is 0 Å². The van der Waals surface area contributed by atoms with E-state index in [0.29, 0.717) is 11.8 Å². The van der Waals surface area contributed by atoms with Gasteiger partial charge in [-0.2, -0.15) is 0 Å². The molecule has 42 heavy (non-hydrogen) atoms. The molecule has 0 nitrogen and oxygen atoms in total. The van der Waals surface area contributed by atoms with Gasteiger partial charge in [-0.3, -0.25) is 0 Å². The maximum Gasteiger partial charge on any atom is 0.140 e. The van der Waals surface area contributed by atoms with E-state index in [1.807, 2.05) is 0 Å². The van der Waals surface area contributed by atoms with E-state index in [0.717, 1.165) is 11.8 Å². The summed E-state index contributed by atoms with van der Waals surface area (Å²) in [6.07, 6.45) is 11.9. The summed E-state index contributed by atoms with van der Waals surface area (Å²) in [6.45, 7) is 9.67. The van der Waals surface area contributed by atoms with Crippen molar-refractivity contribution in [3.05, 3.63) is 132 Å². The van der Waals surface area contributed by atoms with Crippen molar-refractivity contribution in [2.24, 2.45) is 17.8 Å². The molecule has 0 heterocycles. The molecule has 1 aliphatic carbocycles. The molecule has 0 aromatic heterocycles. The highest BCUT2D eigenvalue weighted by molar-refractivity contribution is 7.99. The van der Waals surface area contributed by atoms with Crippen LogP contribution in [0, 0.1) is 17.8 Å². The van der Waals surface area contributed by atoms with E-state index in [4.69, 9.17) is 0 Å². The van der Waals surface area contributed by atoms with Gasteiger partial charge in [-0.1, -0.05) is 145 Å². The SMILES string of the molecule is CC(C)CCCC(C)CCCC(C)CC1C([P+](c2ccccc2)(c2ccccc2)c2ccccc2)=Cc2ccccc21. The fourth-order valence-electron chi connectivity index (χ4n) is 7.16. The third kappa shape index (κ3) is 6.82. The van der Waals surface area contributed by atoms with Crippen LogP contribution in [0.3, 0.4) is 0 Å². The first kappa shape index (κ1) is 30.5. The second kappa shape index (κ2) is 14.5.